The van der Waals surface area contributed by atoms with Crippen LogP contribution in [0, 0.1) is 0 Å². The molecule has 0 spiro atoms. The van der Waals surface area contributed by atoms with Gasteiger partial charge < -0.3 is 21.4 Å². The number of para-hydroxylation sites is 1. The van der Waals surface area contributed by atoms with Gasteiger partial charge in [0, 0.05) is 23.0 Å². The Labute approximate surface area is 134 Å². The fourth-order valence-electron chi connectivity index (χ4n) is 3.17. The average molecular weight is 314 g/mol. The first-order chi connectivity index (χ1) is 11.1. The van der Waals surface area contributed by atoms with Crippen LogP contribution in [0.25, 0.3) is 10.9 Å². The minimum absolute atomic E-state index is 0.120. The summed E-state index contributed by atoms with van der Waals surface area (Å²) in [4.78, 5) is 27.9. The fraction of sp³-hybridized carbons (Fsp3) is 0.412. The van der Waals surface area contributed by atoms with Crippen LogP contribution in [0.1, 0.15) is 31.2 Å². The number of hydrogen-bond donors (Lipinski definition) is 4. The van der Waals surface area contributed by atoms with E-state index in [0.717, 1.165) is 16.5 Å². The number of nitrogens with two attached hydrogens (primary N) is 1. The number of nitrogens with one attached hydrogen (secondary N) is 3. The molecule has 0 radical (unpaired) electrons. The molecule has 0 saturated carbocycles. The minimum atomic E-state index is -0.559. The van der Waals surface area contributed by atoms with E-state index >= 15 is 0 Å². The average Bonchev–Trinajstić information content (AvgIpc) is 2.98. The Kier molecular flexibility index (Phi) is 4.34. The van der Waals surface area contributed by atoms with Gasteiger partial charge in [-0.3, -0.25) is 9.59 Å². The molecule has 1 aliphatic heterocycles. The lowest BCUT2D eigenvalue weighted by Crippen LogP contribution is -2.63. The number of fused-ring (bicyclic) bond motifs is 1. The van der Waals surface area contributed by atoms with E-state index < -0.39 is 12.1 Å². The number of H-pyrrole nitrogens is 1. The molecule has 1 aromatic heterocycles. The van der Waals surface area contributed by atoms with E-state index in [4.69, 9.17) is 5.73 Å². The lowest BCUT2D eigenvalue weighted by molar-refractivity contribution is -0.137. The van der Waals surface area contributed by atoms with Crippen LogP contribution in [-0.2, 0) is 9.59 Å². The molecule has 23 heavy (non-hydrogen) atoms. The normalized spacial score (nSPS) is 22.7. The van der Waals surface area contributed by atoms with Crippen LogP contribution < -0.4 is 16.4 Å². The summed E-state index contributed by atoms with van der Waals surface area (Å²) < 4.78 is 0. The van der Waals surface area contributed by atoms with Crippen LogP contribution in [0.4, 0.5) is 0 Å². The van der Waals surface area contributed by atoms with Crippen molar-refractivity contribution in [3.63, 3.8) is 0 Å². The van der Waals surface area contributed by atoms with Crippen molar-refractivity contribution >= 4 is 22.7 Å². The van der Waals surface area contributed by atoms with Gasteiger partial charge >= 0.3 is 0 Å². The Morgan fingerprint density at radius 2 is 1.96 bits per heavy atom. The molecule has 1 aromatic carbocycles. The number of piperazine rings is 1. The van der Waals surface area contributed by atoms with Crippen LogP contribution in [-0.4, -0.2) is 35.4 Å². The van der Waals surface area contributed by atoms with Gasteiger partial charge in [0.25, 0.3) is 0 Å². The number of hydrogen-bond acceptors (Lipinski definition) is 3. The van der Waals surface area contributed by atoms with Gasteiger partial charge in [0.1, 0.15) is 12.1 Å². The van der Waals surface area contributed by atoms with E-state index in [1.807, 2.05) is 37.4 Å². The molecule has 2 amide bonds. The molecule has 1 saturated heterocycles. The molecule has 0 bridgehead atoms. The SMILES string of the molecule is CC(c1c[nH]c2ccccc12)[C@H]1NC(=O)[C@@H](CCCN)NC1=O. The monoisotopic (exact) mass is 314 g/mol. The molecule has 5 N–H and O–H groups in total. The summed E-state index contributed by atoms with van der Waals surface area (Å²) in [6.07, 6.45) is 3.19. The van der Waals surface area contributed by atoms with Gasteiger partial charge in [-0.05, 0) is 31.0 Å². The van der Waals surface area contributed by atoms with Crippen molar-refractivity contribution in [3.8, 4) is 0 Å². The van der Waals surface area contributed by atoms with Crippen molar-refractivity contribution < 1.29 is 9.59 Å². The van der Waals surface area contributed by atoms with Crippen molar-refractivity contribution in [2.75, 3.05) is 6.54 Å². The van der Waals surface area contributed by atoms with E-state index in [9.17, 15) is 9.59 Å². The molecule has 1 fully saturated rings. The first kappa shape index (κ1) is 15.6. The van der Waals surface area contributed by atoms with Gasteiger partial charge in [-0.25, -0.2) is 0 Å². The summed E-state index contributed by atoms with van der Waals surface area (Å²) in [6.45, 7) is 2.47. The van der Waals surface area contributed by atoms with E-state index in [2.05, 4.69) is 15.6 Å². The Hall–Kier alpha value is -2.34. The van der Waals surface area contributed by atoms with Gasteiger partial charge in [-0.1, -0.05) is 25.1 Å². The number of carbonyl (C=O) groups excluding carboxylic acids is 2. The third-order valence-electron chi connectivity index (χ3n) is 4.52. The number of aromatic amines is 1. The van der Waals surface area contributed by atoms with Crippen LogP contribution >= 0.6 is 0 Å². The highest BCUT2D eigenvalue weighted by atomic mass is 16.2. The highest BCUT2D eigenvalue weighted by Crippen LogP contribution is 2.28. The summed E-state index contributed by atoms with van der Waals surface area (Å²) in [6, 6.07) is 6.91. The molecule has 3 rings (SSSR count). The van der Waals surface area contributed by atoms with E-state index in [-0.39, 0.29) is 17.7 Å². The topological polar surface area (TPSA) is 100 Å². The van der Waals surface area contributed by atoms with Gasteiger partial charge in [0.15, 0.2) is 0 Å². The third kappa shape index (κ3) is 2.94. The molecule has 1 unspecified atom stereocenters. The first-order valence-corrected chi connectivity index (χ1v) is 7.98. The third-order valence-corrected chi connectivity index (χ3v) is 4.52. The van der Waals surface area contributed by atoms with Crippen LogP contribution in [0.2, 0.25) is 0 Å². The second kappa shape index (κ2) is 6.42. The summed E-state index contributed by atoms with van der Waals surface area (Å²) in [7, 11) is 0. The highest BCUT2D eigenvalue weighted by molar-refractivity contribution is 5.98. The molecule has 6 nitrogen and oxygen atoms in total. The molecule has 3 atom stereocenters. The maximum Gasteiger partial charge on any atom is 0.243 e. The summed E-state index contributed by atoms with van der Waals surface area (Å²) in [5, 5.41) is 6.77. The largest absolute Gasteiger partial charge is 0.361 e. The van der Waals surface area contributed by atoms with E-state index in [1.54, 1.807) is 0 Å². The molecular weight excluding hydrogens is 292 g/mol. The second-order valence-electron chi connectivity index (χ2n) is 6.06. The maximum atomic E-state index is 12.4. The van der Waals surface area contributed by atoms with Crippen molar-refractivity contribution in [3.05, 3.63) is 36.0 Å². The predicted octanol–water partition coefficient (Wildman–Crippen LogP) is 0.993. The van der Waals surface area contributed by atoms with Gasteiger partial charge in [-0.2, -0.15) is 0 Å². The lowest BCUT2D eigenvalue weighted by Gasteiger charge is -2.32. The number of carbonyl (C=O) groups is 2. The van der Waals surface area contributed by atoms with Crippen molar-refractivity contribution in [1.82, 2.24) is 15.6 Å². The van der Waals surface area contributed by atoms with Gasteiger partial charge in [0.05, 0.1) is 0 Å². The standard InChI is InChI=1S/C17H22N4O2/c1-10(12-9-19-13-6-3-2-5-11(12)13)15-17(23)20-14(7-4-8-18)16(22)21-15/h2-3,5-6,9-10,14-15,19H,4,7-8,18H2,1H3,(H,20,23)(H,21,22)/t10?,14-,15-/m1/s1. The second-order valence-corrected chi connectivity index (χ2v) is 6.06. The highest BCUT2D eigenvalue weighted by Gasteiger charge is 2.37. The Bertz CT molecular complexity index is 724. The zero-order valence-electron chi connectivity index (χ0n) is 13.1. The first-order valence-electron chi connectivity index (χ1n) is 7.98. The molecule has 2 aromatic rings. The van der Waals surface area contributed by atoms with Gasteiger partial charge in [-0.15, -0.1) is 0 Å². The molecule has 2 heterocycles. The molecule has 122 valence electrons. The molecular formula is C17H22N4O2. The number of rotatable bonds is 5. The Morgan fingerprint density at radius 3 is 2.74 bits per heavy atom. The van der Waals surface area contributed by atoms with Crippen LogP contribution in [0.3, 0.4) is 0 Å². The Morgan fingerprint density at radius 1 is 1.17 bits per heavy atom. The smallest absolute Gasteiger partial charge is 0.243 e. The summed E-state index contributed by atoms with van der Waals surface area (Å²) in [5.41, 5.74) is 7.53. The number of aromatic nitrogens is 1. The zero-order chi connectivity index (χ0) is 16.4. The van der Waals surface area contributed by atoms with Crippen molar-refractivity contribution in [2.24, 2.45) is 5.73 Å². The maximum absolute atomic E-state index is 12.4. The van der Waals surface area contributed by atoms with Crippen molar-refractivity contribution in [2.45, 2.75) is 37.8 Å². The van der Waals surface area contributed by atoms with E-state index in [0.29, 0.717) is 19.4 Å². The Balaban J connectivity index is 1.79. The van der Waals surface area contributed by atoms with Crippen LogP contribution in [0.5, 0.6) is 0 Å². The van der Waals surface area contributed by atoms with E-state index in [1.165, 1.54) is 0 Å². The number of benzene rings is 1. The van der Waals surface area contributed by atoms with Crippen LogP contribution in [0.15, 0.2) is 30.5 Å². The quantitative estimate of drug-likeness (QED) is 0.662. The zero-order valence-corrected chi connectivity index (χ0v) is 13.1. The van der Waals surface area contributed by atoms with Gasteiger partial charge in [0.2, 0.25) is 11.8 Å². The lowest BCUT2D eigenvalue weighted by atomic mass is 9.90. The minimum Gasteiger partial charge on any atom is -0.361 e. The summed E-state index contributed by atoms with van der Waals surface area (Å²) in [5.74, 6) is -0.385. The summed E-state index contributed by atoms with van der Waals surface area (Å²) >= 11 is 0. The fourth-order valence-corrected chi connectivity index (χ4v) is 3.17. The molecule has 1 aliphatic rings. The number of amides is 2. The molecule has 6 heteroatoms. The predicted molar refractivity (Wildman–Crippen MR) is 88.9 cm³/mol. The van der Waals surface area contributed by atoms with Crippen molar-refractivity contribution in [1.29, 1.82) is 0 Å². The molecule has 0 aliphatic carbocycles.